The average Bonchev–Trinajstić information content (AvgIpc) is 2.94. The molecule has 0 saturated carbocycles. The van der Waals surface area contributed by atoms with E-state index in [0.29, 0.717) is 25.9 Å². The van der Waals surface area contributed by atoms with Gasteiger partial charge in [-0.05, 0) is 18.9 Å². The summed E-state index contributed by atoms with van der Waals surface area (Å²) in [7, 11) is 0. The summed E-state index contributed by atoms with van der Waals surface area (Å²) in [5, 5.41) is 17.4. The van der Waals surface area contributed by atoms with Crippen LogP contribution in [0.4, 0.5) is 0 Å². The molecule has 22 heavy (non-hydrogen) atoms. The fourth-order valence-corrected chi connectivity index (χ4v) is 2.88. The lowest BCUT2D eigenvalue weighted by molar-refractivity contribution is -0.137. The smallest absolute Gasteiger partial charge is 0.246 e. The largest absolute Gasteiger partial charge is 0.396 e. The predicted octanol–water partition coefficient (Wildman–Crippen LogP) is 1.31. The van der Waals surface area contributed by atoms with Gasteiger partial charge in [0.05, 0.1) is 6.54 Å². The number of carbonyl (C=O) groups is 1. The lowest BCUT2D eigenvalue weighted by Crippen LogP contribution is -2.41. The maximum absolute atomic E-state index is 12.6. The molecule has 0 radical (unpaired) electrons. The lowest BCUT2D eigenvalue weighted by Gasteiger charge is -2.32. The molecule has 1 aliphatic rings. The van der Waals surface area contributed by atoms with Gasteiger partial charge in [-0.3, -0.25) is 4.79 Å². The Kier molecular flexibility index (Phi) is 4.20. The molecule has 6 heteroatoms. The number of carbonyl (C=O) groups excluding carboxylic acids is 1. The van der Waals surface area contributed by atoms with E-state index in [1.807, 2.05) is 46.7 Å². The summed E-state index contributed by atoms with van der Waals surface area (Å²) in [5.74, 6) is 1.68. The lowest BCUT2D eigenvalue weighted by atomic mass is 10.1. The monoisotopic (exact) mass is 300 g/mol. The molecule has 0 spiro atoms. The molecule has 1 aliphatic heterocycles. The second kappa shape index (κ2) is 6.27. The van der Waals surface area contributed by atoms with Crippen LogP contribution >= 0.6 is 0 Å². The van der Waals surface area contributed by atoms with Crippen LogP contribution < -0.4 is 0 Å². The molecule has 0 bridgehead atoms. The number of nitrogens with zero attached hydrogens (tertiary/aromatic N) is 4. The van der Waals surface area contributed by atoms with Crippen LogP contribution in [0.15, 0.2) is 30.3 Å². The van der Waals surface area contributed by atoms with E-state index in [-0.39, 0.29) is 18.6 Å². The van der Waals surface area contributed by atoms with Crippen molar-refractivity contribution < 1.29 is 9.90 Å². The highest BCUT2D eigenvalue weighted by atomic mass is 16.3. The number of amides is 1. The van der Waals surface area contributed by atoms with Gasteiger partial charge in [0.2, 0.25) is 5.91 Å². The summed E-state index contributed by atoms with van der Waals surface area (Å²) in [4.78, 5) is 14.4. The van der Waals surface area contributed by atoms with E-state index in [1.165, 1.54) is 0 Å². The molecule has 1 N–H and O–H groups in total. The van der Waals surface area contributed by atoms with Gasteiger partial charge in [-0.2, -0.15) is 0 Å². The van der Waals surface area contributed by atoms with Crippen molar-refractivity contribution in [1.29, 1.82) is 0 Å². The summed E-state index contributed by atoms with van der Waals surface area (Å²) >= 11 is 0. The molecule has 0 fully saturated rings. The third-order valence-electron chi connectivity index (χ3n) is 4.00. The fourth-order valence-electron chi connectivity index (χ4n) is 2.88. The van der Waals surface area contributed by atoms with Gasteiger partial charge in [-0.15, -0.1) is 10.2 Å². The fraction of sp³-hybridized carbons (Fsp3) is 0.438. The van der Waals surface area contributed by atoms with E-state index in [0.717, 1.165) is 17.2 Å². The van der Waals surface area contributed by atoms with Crippen LogP contribution in [0.2, 0.25) is 0 Å². The number of aromatic nitrogens is 3. The Morgan fingerprint density at radius 3 is 2.77 bits per heavy atom. The molecule has 2 aromatic rings. The molecule has 0 aliphatic carbocycles. The molecule has 1 amide bonds. The molecule has 0 saturated heterocycles. The van der Waals surface area contributed by atoms with Gasteiger partial charge in [-0.1, -0.05) is 30.3 Å². The van der Waals surface area contributed by atoms with Crippen molar-refractivity contribution in [3.8, 4) is 0 Å². The minimum Gasteiger partial charge on any atom is -0.396 e. The highest BCUT2D eigenvalue weighted by Crippen LogP contribution is 2.24. The van der Waals surface area contributed by atoms with E-state index < -0.39 is 0 Å². The molecule has 3 rings (SSSR count). The van der Waals surface area contributed by atoms with Crippen molar-refractivity contribution in [3.63, 3.8) is 0 Å². The van der Waals surface area contributed by atoms with E-state index >= 15 is 0 Å². The maximum atomic E-state index is 12.6. The van der Waals surface area contributed by atoms with Crippen molar-refractivity contribution in [1.82, 2.24) is 19.7 Å². The van der Waals surface area contributed by atoms with Crippen molar-refractivity contribution in [3.05, 3.63) is 47.5 Å². The summed E-state index contributed by atoms with van der Waals surface area (Å²) in [6.07, 6.45) is 1.27. The maximum Gasteiger partial charge on any atom is 0.246 e. The van der Waals surface area contributed by atoms with E-state index in [4.69, 9.17) is 5.11 Å². The molecule has 1 aromatic heterocycles. The van der Waals surface area contributed by atoms with Crippen molar-refractivity contribution in [2.75, 3.05) is 6.61 Å². The van der Waals surface area contributed by atoms with Gasteiger partial charge in [0, 0.05) is 19.6 Å². The molecule has 0 unspecified atom stereocenters. The number of hydrogen-bond donors (Lipinski definition) is 1. The van der Waals surface area contributed by atoms with Crippen LogP contribution in [0.1, 0.15) is 36.6 Å². The Morgan fingerprint density at radius 1 is 1.27 bits per heavy atom. The van der Waals surface area contributed by atoms with Crippen LogP contribution in [0.3, 0.4) is 0 Å². The minimum absolute atomic E-state index is 0.0846. The molecular weight excluding hydrogens is 280 g/mol. The number of rotatable bonds is 5. The minimum atomic E-state index is -0.295. The molecule has 1 atom stereocenters. The molecular formula is C16H20N4O2. The Balaban J connectivity index is 1.81. The first-order valence-electron chi connectivity index (χ1n) is 7.57. The standard InChI is InChI=1S/C16H20N4O2/c1-12-16(22)19(10-13-6-3-2-4-7-13)11-15-18-17-14(20(12)15)8-5-9-21/h2-4,6-7,12,21H,5,8-11H2,1H3/t12-/m1/s1. The molecule has 116 valence electrons. The number of aryl methyl sites for hydroxylation is 1. The zero-order valence-electron chi connectivity index (χ0n) is 12.6. The van der Waals surface area contributed by atoms with Gasteiger partial charge in [0.25, 0.3) is 0 Å². The van der Waals surface area contributed by atoms with Gasteiger partial charge in [0.1, 0.15) is 11.9 Å². The second-order valence-electron chi connectivity index (χ2n) is 5.59. The average molecular weight is 300 g/mol. The topological polar surface area (TPSA) is 71.2 Å². The number of benzene rings is 1. The van der Waals surface area contributed by atoms with Crippen molar-refractivity contribution >= 4 is 5.91 Å². The van der Waals surface area contributed by atoms with E-state index in [9.17, 15) is 4.79 Å². The Morgan fingerprint density at radius 2 is 2.05 bits per heavy atom. The third-order valence-corrected chi connectivity index (χ3v) is 4.00. The number of aliphatic hydroxyl groups is 1. The first-order chi connectivity index (χ1) is 10.7. The van der Waals surface area contributed by atoms with Crippen LogP contribution in [0, 0.1) is 0 Å². The zero-order chi connectivity index (χ0) is 15.5. The van der Waals surface area contributed by atoms with Crippen LogP contribution in [-0.2, 0) is 24.3 Å². The first kappa shape index (κ1) is 14.7. The van der Waals surface area contributed by atoms with Crippen LogP contribution in [0.5, 0.6) is 0 Å². The molecule has 6 nitrogen and oxygen atoms in total. The second-order valence-corrected chi connectivity index (χ2v) is 5.59. The van der Waals surface area contributed by atoms with Gasteiger partial charge in [0.15, 0.2) is 5.82 Å². The quantitative estimate of drug-likeness (QED) is 0.903. The summed E-state index contributed by atoms with van der Waals surface area (Å²) in [6.45, 7) is 3.06. The summed E-state index contributed by atoms with van der Waals surface area (Å²) in [6, 6.07) is 9.66. The summed E-state index contributed by atoms with van der Waals surface area (Å²) < 4.78 is 1.92. The summed E-state index contributed by atoms with van der Waals surface area (Å²) in [5.41, 5.74) is 1.11. The Bertz CT molecular complexity index is 653. The van der Waals surface area contributed by atoms with Crippen molar-refractivity contribution in [2.24, 2.45) is 0 Å². The van der Waals surface area contributed by atoms with E-state index in [1.54, 1.807) is 0 Å². The molecule has 1 aromatic carbocycles. The Hall–Kier alpha value is -2.21. The first-order valence-corrected chi connectivity index (χ1v) is 7.57. The SMILES string of the molecule is C[C@@H]1C(=O)N(Cc2ccccc2)Cc2nnc(CCCO)n21. The highest BCUT2D eigenvalue weighted by molar-refractivity contribution is 5.81. The number of aliphatic hydroxyl groups excluding tert-OH is 1. The third kappa shape index (κ3) is 2.74. The van der Waals surface area contributed by atoms with Gasteiger partial charge >= 0.3 is 0 Å². The van der Waals surface area contributed by atoms with Crippen LogP contribution in [-0.4, -0.2) is 37.3 Å². The van der Waals surface area contributed by atoms with Crippen molar-refractivity contribution in [2.45, 2.75) is 38.9 Å². The Labute approximate surface area is 129 Å². The van der Waals surface area contributed by atoms with E-state index in [2.05, 4.69) is 10.2 Å². The molecule has 2 heterocycles. The number of hydrogen-bond acceptors (Lipinski definition) is 4. The number of fused-ring (bicyclic) bond motifs is 1. The van der Waals surface area contributed by atoms with Crippen LogP contribution in [0.25, 0.3) is 0 Å². The van der Waals surface area contributed by atoms with Gasteiger partial charge < -0.3 is 14.6 Å². The van der Waals surface area contributed by atoms with Gasteiger partial charge in [-0.25, -0.2) is 0 Å². The highest BCUT2D eigenvalue weighted by Gasteiger charge is 2.32. The predicted molar refractivity (Wildman–Crippen MR) is 80.8 cm³/mol. The normalized spacial score (nSPS) is 17.6. The zero-order valence-corrected chi connectivity index (χ0v) is 12.6.